The Morgan fingerprint density at radius 2 is 2.22 bits per heavy atom. The van der Waals surface area contributed by atoms with Gasteiger partial charge in [-0.25, -0.2) is 4.98 Å². The van der Waals surface area contributed by atoms with Gasteiger partial charge < -0.3 is 15.1 Å². The lowest BCUT2D eigenvalue weighted by Crippen LogP contribution is -2.49. The third-order valence-corrected chi connectivity index (χ3v) is 3.13. The van der Waals surface area contributed by atoms with Crippen molar-refractivity contribution in [2.75, 3.05) is 44.7 Å². The van der Waals surface area contributed by atoms with Crippen LogP contribution in [-0.4, -0.2) is 55.6 Å². The van der Waals surface area contributed by atoms with Gasteiger partial charge in [-0.1, -0.05) is 0 Å². The van der Waals surface area contributed by atoms with Gasteiger partial charge in [0, 0.05) is 39.4 Å². The molecule has 5 nitrogen and oxygen atoms in total. The molecular formula is C13H20N4O. The number of nitrogens with zero attached hydrogens (tertiary/aromatic N) is 3. The molecule has 0 aliphatic carbocycles. The largest absolute Gasteiger partial charge is 0.350 e. The fourth-order valence-corrected chi connectivity index (χ4v) is 2.03. The zero-order valence-electron chi connectivity index (χ0n) is 11.0. The fourth-order valence-electron chi connectivity index (χ4n) is 2.03. The van der Waals surface area contributed by atoms with Crippen LogP contribution in [0.1, 0.15) is 5.56 Å². The number of nitrogens with one attached hydrogen (secondary N) is 1. The summed E-state index contributed by atoms with van der Waals surface area (Å²) in [6.07, 6.45) is 1.77. The van der Waals surface area contributed by atoms with Gasteiger partial charge >= 0.3 is 0 Å². The Hall–Kier alpha value is -1.62. The molecule has 0 radical (unpaired) electrons. The quantitative estimate of drug-likeness (QED) is 0.833. The summed E-state index contributed by atoms with van der Waals surface area (Å²) in [5.74, 6) is 1.01. The van der Waals surface area contributed by atoms with Crippen LogP contribution in [0.3, 0.4) is 0 Å². The summed E-state index contributed by atoms with van der Waals surface area (Å²) in [6, 6.07) is 3.94. The first-order valence-electron chi connectivity index (χ1n) is 6.29. The number of aryl methyl sites for hydroxylation is 1. The van der Waals surface area contributed by atoms with Gasteiger partial charge in [0.05, 0.1) is 6.54 Å². The van der Waals surface area contributed by atoms with E-state index >= 15 is 0 Å². The predicted molar refractivity (Wildman–Crippen MR) is 71.7 cm³/mol. The number of likely N-dealkylation sites (N-methyl/N-ethyl adjacent to an activating group) is 1. The zero-order chi connectivity index (χ0) is 13.0. The summed E-state index contributed by atoms with van der Waals surface area (Å²) in [5, 5.41) is 3.24. The summed E-state index contributed by atoms with van der Waals surface area (Å²) in [7, 11) is 1.90. The van der Waals surface area contributed by atoms with Crippen molar-refractivity contribution in [3.63, 3.8) is 0 Å². The second-order valence-electron chi connectivity index (χ2n) is 4.68. The minimum atomic E-state index is 0.169. The normalized spacial score (nSPS) is 15.6. The van der Waals surface area contributed by atoms with Crippen LogP contribution in [-0.2, 0) is 4.79 Å². The molecule has 1 saturated heterocycles. The lowest BCUT2D eigenvalue weighted by molar-refractivity contribution is -0.130. The molecule has 2 heterocycles. The average Bonchev–Trinajstić information content (AvgIpc) is 2.39. The van der Waals surface area contributed by atoms with Crippen LogP contribution in [0.15, 0.2) is 18.3 Å². The predicted octanol–water partition coefficient (Wildman–Crippen LogP) is 0.258. The summed E-state index contributed by atoms with van der Waals surface area (Å²) >= 11 is 0. The van der Waals surface area contributed by atoms with E-state index < -0.39 is 0 Å². The summed E-state index contributed by atoms with van der Waals surface area (Å²) < 4.78 is 0. The van der Waals surface area contributed by atoms with Crippen molar-refractivity contribution >= 4 is 11.7 Å². The SMILES string of the molecule is Cc1ccnc(N(C)CC(=O)N2CCNCC2)c1. The number of aromatic nitrogens is 1. The molecule has 5 heteroatoms. The van der Waals surface area contributed by atoms with E-state index in [1.807, 2.05) is 35.9 Å². The Bertz CT molecular complexity index is 415. The van der Waals surface area contributed by atoms with Gasteiger partial charge in [0.15, 0.2) is 0 Å². The van der Waals surface area contributed by atoms with Gasteiger partial charge in [-0.2, -0.15) is 0 Å². The molecule has 0 unspecified atom stereocenters. The maximum Gasteiger partial charge on any atom is 0.242 e. The minimum absolute atomic E-state index is 0.169. The average molecular weight is 248 g/mol. The van der Waals surface area contributed by atoms with Crippen LogP contribution in [0.25, 0.3) is 0 Å². The van der Waals surface area contributed by atoms with Crippen LogP contribution in [0.4, 0.5) is 5.82 Å². The van der Waals surface area contributed by atoms with Gasteiger partial charge in [0.25, 0.3) is 0 Å². The van der Waals surface area contributed by atoms with Crippen LogP contribution in [0, 0.1) is 6.92 Å². The van der Waals surface area contributed by atoms with E-state index in [1.54, 1.807) is 6.20 Å². The Balaban J connectivity index is 1.94. The van der Waals surface area contributed by atoms with Crippen LogP contribution in [0.2, 0.25) is 0 Å². The van der Waals surface area contributed by atoms with E-state index in [1.165, 1.54) is 0 Å². The molecule has 1 amide bonds. The number of carbonyl (C=O) groups is 1. The molecule has 18 heavy (non-hydrogen) atoms. The highest BCUT2D eigenvalue weighted by Crippen LogP contribution is 2.10. The van der Waals surface area contributed by atoms with Crippen molar-refractivity contribution in [2.45, 2.75) is 6.92 Å². The number of carbonyl (C=O) groups excluding carboxylic acids is 1. The second-order valence-corrected chi connectivity index (χ2v) is 4.68. The first kappa shape index (κ1) is 12.8. The molecular weight excluding hydrogens is 228 g/mol. The van der Waals surface area contributed by atoms with Gasteiger partial charge in [-0.3, -0.25) is 4.79 Å². The van der Waals surface area contributed by atoms with Crippen LogP contribution < -0.4 is 10.2 Å². The van der Waals surface area contributed by atoms with Gasteiger partial charge in [0.1, 0.15) is 5.82 Å². The van der Waals surface area contributed by atoms with Crippen LogP contribution >= 0.6 is 0 Å². The Kier molecular flexibility index (Phi) is 4.15. The molecule has 2 rings (SSSR count). The number of hydrogen-bond donors (Lipinski definition) is 1. The first-order valence-corrected chi connectivity index (χ1v) is 6.29. The fraction of sp³-hybridized carbons (Fsp3) is 0.538. The topological polar surface area (TPSA) is 48.5 Å². The smallest absolute Gasteiger partial charge is 0.242 e. The molecule has 1 N–H and O–H groups in total. The summed E-state index contributed by atoms with van der Waals surface area (Å²) in [5.41, 5.74) is 1.15. The number of piperazine rings is 1. The van der Waals surface area contributed by atoms with Crippen molar-refractivity contribution in [2.24, 2.45) is 0 Å². The van der Waals surface area contributed by atoms with Crippen LogP contribution in [0.5, 0.6) is 0 Å². The number of hydrogen-bond acceptors (Lipinski definition) is 4. The molecule has 1 aromatic rings. The molecule has 1 aromatic heterocycles. The van der Waals surface area contributed by atoms with Gasteiger partial charge in [-0.15, -0.1) is 0 Å². The van der Waals surface area contributed by atoms with E-state index in [-0.39, 0.29) is 5.91 Å². The van der Waals surface area contributed by atoms with E-state index in [2.05, 4.69) is 10.3 Å². The van der Waals surface area contributed by atoms with Crippen molar-refractivity contribution in [1.29, 1.82) is 0 Å². The second kappa shape index (κ2) is 5.82. The molecule has 0 saturated carbocycles. The van der Waals surface area contributed by atoms with Crippen molar-refractivity contribution in [1.82, 2.24) is 15.2 Å². The standard InChI is InChI=1S/C13H20N4O/c1-11-3-4-15-12(9-11)16(2)10-13(18)17-7-5-14-6-8-17/h3-4,9,14H,5-8,10H2,1-2H3. The Morgan fingerprint density at radius 1 is 1.50 bits per heavy atom. The van der Waals surface area contributed by atoms with E-state index in [4.69, 9.17) is 0 Å². The van der Waals surface area contributed by atoms with Gasteiger partial charge in [-0.05, 0) is 24.6 Å². The van der Waals surface area contributed by atoms with E-state index in [0.717, 1.165) is 37.6 Å². The molecule has 0 spiro atoms. The minimum Gasteiger partial charge on any atom is -0.350 e. The molecule has 0 atom stereocenters. The first-order chi connectivity index (χ1) is 8.66. The maximum atomic E-state index is 12.1. The van der Waals surface area contributed by atoms with Crippen molar-refractivity contribution < 1.29 is 4.79 Å². The third-order valence-electron chi connectivity index (χ3n) is 3.13. The van der Waals surface area contributed by atoms with Crippen molar-refractivity contribution in [3.05, 3.63) is 23.9 Å². The number of pyridine rings is 1. The number of amides is 1. The summed E-state index contributed by atoms with van der Waals surface area (Å²) in [6.45, 7) is 5.78. The summed E-state index contributed by atoms with van der Waals surface area (Å²) in [4.78, 5) is 20.2. The van der Waals surface area contributed by atoms with Crippen molar-refractivity contribution in [3.8, 4) is 0 Å². The molecule has 1 aliphatic rings. The Morgan fingerprint density at radius 3 is 2.89 bits per heavy atom. The molecule has 1 fully saturated rings. The van der Waals surface area contributed by atoms with E-state index in [9.17, 15) is 4.79 Å². The third kappa shape index (κ3) is 3.20. The number of anilines is 1. The Labute approximate surface area is 108 Å². The number of rotatable bonds is 3. The lowest BCUT2D eigenvalue weighted by atomic mass is 10.3. The molecule has 0 aromatic carbocycles. The van der Waals surface area contributed by atoms with E-state index in [0.29, 0.717) is 6.54 Å². The maximum absolute atomic E-state index is 12.1. The molecule has 98 valence electrons. The molecule has 0 bridgehead atoms. The molecule has 1 aliphatic heterocycles. The highest BCUT2D eigenvalue weighted by Gasteiger charge is 2.18. The monoisotopic (exact) mass is 248 g/mol. The highest BCUT2D eigenvalue weighted by molar-refractivity contribution is 5.81. The zero-order valence-corrected chi connectivity index (χ0v) is 11.0. The lowest BCUT2D eigenvalue weighted by Gasteiger charge is -2.29. The van der Waals surface area contributed by atoms with Gasteiger partial charge in [0.2, 0.25) is 5.91 Å². The highest BCUT2D eigenvalue weighted by atomic mass is 16.2.